The zero-order valence-electron chi connectivity index (χ0n) is 13.3. The van der Waals surface area contributed by atoms with E-state index in [-0.39, 0.29) is 5.91 Å². The molecule has 3 aromatic rings. The van der Waals surface area contributed by atoms with Crippen LogP contribution in [0.1, 0.15) is 16.1 Å². The van der Waals surface area contributed by atoms with Gasteiger partial charge in [0.05, 0.1) is 13.2 Å². The second-order valence-electron chi connectivity index (χ2n) is 5.54. The number of hydrogen-bond donors (Lipinski definition) is 2. The van der Waals surface area contributed by atoms with Crippen molar-refractivity contribution in [2.24, 2.45) is 0 Å². The summed E-state index contributed by atoms with van der Waals surface area (Å²) in [7, 11) is 1.59. The molecule has 0 saturated carbocycles. The van der Waals surface area contributed by atoms with Crippen molar-refractivity contribution >= 4 is 23.1 Å². The molecule has 0 radical (unpaired) electrons. The number of aldehydes is 1. The van der Waals surface area contributed by atoms with Crippen LogP contribution in [-0.4, -0.2) is 30.3 Å². The summed E-state index contributed by atoms with van der Waals surface area (Å²) in [6.07, 6.45) is 1.22. The molecule has 2 N–H and O–H groups in total. The topological polar surface area (TPSA) is 71.2 Å². The predicted octanol–water partition coefficient (Wildman–Crippen LogP) is 2.72. The minimum Gasteiger partial charge on any atom is -0.497 e. The second-order valence-corrected chi connectivity index (χ2v) is 5.54. The van der Waals surface area contributed by atoms with Gasteiger partial charge in [0.15, 0.2) is 0 Å². The Kier molecular flexibility index (Phi) is 4.61. The number of methoxy groups -OCH3 is 1. The van der Waals surface area contributed by atoms with Gasteiger partial charge in [-0.3, -0.25) is 4.79 Å². The third kappa shape index (κ3) is 3.46. The molecule has 0 saturated heterocycles. The zero-order valence-corrected chi connectivity index (χ0v) is 13.3. The van der Waals surface area contributed by atoms with Gasteiger partial charge in [0.1, 0.15) is 17.7 Å². The largest absolute Gasteiger partial charge is 0.497 e. The summed E-state index contributed by atoms with van der Waals surface area (Å²) in [5.41, 5.74) is 2.22. The first-order valence-corrected chi connectivity index (χ1v) is 7.66. The SMILES string of the molecule is COc1ccc2cc(C(=O)N[C@H](C=O)Cc3ccccc3)[nH]c2c1. The summed E-state index contributed by atoms with van der Waals surface area (Å²) in [6.45, 7) is 0. The van der Waals surface area contributed by atoms with Gasteiger partial charge in [-0.1, -0.05) is 30.3 Å². The van der Waals surface area contributed by atoms with Crippen LogP contribution in [0, 0.1) is 0 Å². The molecule has 1 heterocycles. The number of amides is 1. The molecule has 1 aromatic heterocycles. The number of rotatable bonds is 6. The third-order valence-corrected chi connectivity index (χ3v) is 3.85. The average Bonchev–Trinajstić information content (AvgIpc) is 3.05. The first-order valence-electron chi connectivity index (χ1n) is 7.66. The fourth-order valence-electron chi connectivity index (χ4n) is 2.60. The Morgan fingerprint density at radius 2 is 2.00 bits per heavy atom. The van der Waals surface area contributed by atoms with E-state index in [4.69, 9.17) is 4.74 Å². The number of carbonyl (C=O) groups excluding carboxylic acids is 2. The Morgan fingerprint density at radius 1 is 1.21 bits per heavy atom. The van der Waals surface area contributed by atoms with Gasteiger partial charge < -0.3 is 19.8 Å². The third-order valence-electron chi connectivity index (χ3n) is 3.85. The molecule has 0 unspecified atom stereocenters. The lowest BCUT2D eigenvalue weighted by Gasteiger charge is -2.12. The second kappa shape index (κ2) is 7.00. The number of hydrogen-bond acceptors (Lipinski definition) is 3. The highest BCUT2D eigenvalue weighted by Gasteiger charge is 2.15. The summed E-state index contributed by atoms with van der Waals surface area (Å²) in [6, 6.07) is 16.3. The molecule has 1 atom stereocenters. The Hall–Kier alpha value is -3.08. The number of nitrogens with one attached hydrogen (secondary N) is 2. The molecule has 5 heteroatoms. The van der Waals surface area contributed by atoms with Crippen LogP contribution in [0.2, 0.25) is 0 Å². The zero-order chi connectivity index (χ0) is 16.9. The van der Waals surface area contributed by atoms with Gasteiger partial charge in [-0.2, -0.15) is 0 Å². The van der Waals surface area contributed by atoms with Crippen molar-refractivity contribution in [3.63, 3.8) is 0 Å². The average molecular weight is 322 g/mol. The highest BCUT2D eigenvalue weighted by atomic mass is 16.5. The van der Waals surface area contributed by atoms with Gasteiger partial charge in [-0.05, 0) is 30.2 Å². The van der Waals surface area contributed by atoms with E-state index in [0.717, 1.165) is 22.8 Å². The van der Waals surface area contributed by atoms with Gasteiger partial charge >= 0.3 is 0 Å². The lowest BCUT2D eigenvalue weighted by atomic mass is 10.1. The van der Waals surface area contributed by atoms with E-state index in [9.17, 15) is 9.59 Å². The van der Waals surface area contributed by atoms with Gasteiger partial charge in [-0.15, -0.1) is 0 Å². The highest BCUT2D eigenvalue weighted by molar-refractivity contribution is 5.99. The maximum atomic E-state index is 12.4. The van der Waals surface area contributed by atoms with Crippen LogP contribution >= 0.6 is 0 Å². The summed E-state index contributed by atoms with van der Waals surface area (Å²) in [4.78, 5) is 26.7. The molecule has 3 rings (SSSR count). The van der Waals surface area contributed by atoms with Crippen LogP contribution in [0.4, 0.5) is 0 Å². The monoisotopic (exact) mass is 322 g/mol. The van der Waals surface area contributed by atoms with E-state index >= 15 is 0 Å². The first-order chi connectivity index (χ1) is 11.7. The van der Waals surface area contributed by atoms with E-state index in [1.165, 1.54) is 0 Å². The Morgan fingerprint density at radius 3 is 2.71 bits per heavy atom. The maximum Gasteiger partial charge on any atom is 0.268 e. The molecular weight excluding hydrogens is 304 g/mol. The van der Waals surface area contributed by atoms with E-state index in [1.807, 2.05) is 48.5 Å². The molecule has 5 nitrogen and oxygen atoms in total. The van der Waals surface area contributed by atoms with Crippen molar-refractivity contribution in [3.05, 3.63) is 65.9 Å². The van der Waals surface area contributed by atoms with Crippen LogP contribution < -0.4 is 10.1 Å². The van der Waals surface area contributed by atoms with Crippen molar-refractivity contribution in [1.82, 2.24) is 10.3 Å². The normalized spacial score (nSPS) is 11.9. The fourth-order valence-corrected chi connectivity index (χ4v) is 2.60. The van der Waals surface area contributed by atoms with Crippen molar-refractivity contribution in [2.75, 3.05) is 7.11 Å². The molecule has 0 aliphatic heterocycles. The van der Waals surface area contributed by atoms with Crippen molar-refractivity contribution in [3.8, 4) is 5.75 Å². The molecule has 1 amide bonds. The fraction of sp³-hybridized carbons (Fsp3) is 0.158. The minimum absolute atomic E-state index is 0.307. The molecule has 2 aromatic carbocycles. The van der Waals surface area contributed by atoms with Crippen LogP contribution in [0.25, 0.3) is 10.9 Å². The molecule has 24 heavy (non-hydrogen) atoms. The number of H-pyrrole nitrogens is 1. The Labute approximate surface area is 139 Å². The molecule has 0 bridgehead atoms. The van der Waals surface area contributed by atoms with Crippen LogP contribution in [0.15, 0.2) is 54.6 Å². The molecule has 0 aliphatic carbocycles. The number of ether oxygens (including phenoxy) is 1. The summed E-state index contributed by atoms with van der Waals surface area (Å²) >= 11 is 0. The van der Waals surface area contributed by atoms with Gasteiger partial charge in [0, 0.05) is 17.0 Å². The van der Waals surface area contributed by atoms with Crippen molar-refractivity contribution in [1.29, 1.82) is 0 Å². The van der Waals surface area contributed by atoms with E-state index in [1.54, 1.807) is 13.2 Å². The van der Waals surface area contributed by atoms with Crippen LogP contribution in [-0.2, 0) is 11.2 Å². The van der Waals surface area contributed by atoms with Crippen molar-refractivity contribution in [2.45, 2.75) is 12.5 Å². The number of benzene rings is 2. The lowest BCUT2D eigenvalue weighted by Crippen LogP contribution is -2.37. The summed E-state index contributed by atoms with van der Waals surface area (Å²) < 4.78 is 5.17. The molecule has 0 aliphatic rings. The standard InChI is InChI=1S/C19H18N2O3/c1-24-16-8-7-14-10-18(21-17(14)11-16)19(23)20-15(12-22)9-13-5-3-2-4-6-13/h2-8,10-12,15,21H,9H2,1H3,(H,20,23)/t15-/m0/s1. The number of aromatic nitrogens is 1. The minimum atomic E-state index is -0.569. The molecule has 0 spiro atoms. The number of aromatic amines is 1. The van der Waals surface area contributed by atoms with Crippen LogP contribution in [0.3, 0.4) is 0 Å². The smallest absolute Gasteiger partial charge is 0.268 e. The van der Waals surface area contributed by atoms with Crippen LogP contribution in [0.5, 0.6) is 5.75 Å². The lowest BCUT2D eigenvalue weighted by molar-refractivity contribution is -0.109. The summed E-state index contributed by atoms with van der Waals surface area (Å²) in [5.74, 6) is 0.407. The number of carbonyl (C=O) groups is 2. The molecule has 122 valence electrons. The maximum absolute atomic E-state index is 12.4. The van der Waals surface area contributed by atoms with Gasteiger partial charge in [-0.25, -0.2) is 0 Å². The van der Waals surface area contributed by atoms with Crippen molar-refractivity contribution < 1.29 is 14.3 Å². The van der Waals surface area contributed by atoms with E-state index in [2.05, 4.69) is 10.3 Å². The van der Waals surface area contributed by atoms with Gasteiger partial charge in [0.2, 0.25) is 0 Å². The van der Waals surface area contributed by atoms with Gasteiger partial charge in [0.25, 0.3) is 5.91 Å². The first kappa shape index (κ1) is 15.8. The number of fused-ring (bicyclic) bond motifs is 1. The Bertz CT molecular complexity index is 855. The summed E-state index contributed by atoms with van der Waals surface area (Å²) in [5, 5.41) is 3.66. The Balaban J connectivity index is 1.74. The highest BCUT2D eigenvalue weighted by Crippen LogP contribution is 2.21. The van der Waals surface area contributed by atoms with E-state index in [0.29, 0.717) is 17.9 Å². The molecule has 0 fully saturated rings. The quantitative estimate of drug-likeness (QED) is 0.686. The predicted molar refractivity (Wildman–Crippen MR) is 92.3 cm³/mol. The van der Waals surface area contributed by atoms with E-state index < -0.39 is 6.04 Å². The molecular formula is C19H18N2O3.